The van der Waals surface area contributed by atoms with Gasteiger partial charge in [-0.2, -0.15) is 8.42 Å². The van der Waals surface area contributed by atoms with Crippen LogP contribution in [-0.4, -0.2) is 70.1 Å². The molecule has 0 amide bonds. The molecular formula is C11H14KNO3S. The molecule has 1 aliphatic heterocycles. The van der Waals surface area contributed by atoms with E-state index in [-0.39, 0.29) is 61.7 Å². The maximum absolute atomic E-state index is 11.0. The molecule has 0 radical (unpaired) electrons. The van der Waals surface area contributed by atoms with E-state index in [0.29, 0.717) is 0 Å². The van der Waals surface area contributed by atoms with Gasteiger partial charge in [-0.1, -0.05) is 13.8 Å². The second kappa shape index (κ2) is 4.84. The van der Waals surface area contributed by atoms with E-state index in [1.807, 2.05) is 20.8 Å². The number of aliphatic imine (C=N–C) groups is 1. The van der Waals surface area contributed by atoms with Crippen LogP contribution in [0.3, 0.4) is 0 Å². The van der Waals surface area contributed by atoms with Crippen molar-refractivity contribution in [2.24, 2.45) is 4.99 Å². The molecule has 1 aromatic carbocycles. The van der Waals surface area contributed by atoms with Crippen molar-refractivity contribution < 1.29 is 13.0 Å². The predicted octanol–water partition coefficient (Wildman–Crippen LogP) is 1.67. The van der Waals surface area contributed by atoms with Gasteiger partial charge >= 0.3 is 51.4 Å². The van der Waals surface area contributed by atoms with Crippen molar-refractivity contribution in [3.63, 3.8) is 0 Å². The third kappa shape index (κ3) is 2.73. The van der Waals surface area contributed by atoms with Crippen LogP contribution in [0.2, 0.25) is 0 Å². The number of nitrogens with zero attached hydrogens (tertiary/aromatic N) is 1. The molecule has 0 saturated heterocycles. The third-order valence-corrected chi connectivity index (χ3v) is 3.98. The van der Waals surface area contributed by atoms with E-state index in [1.54, 1.807) is 6.07 Å². The van der Waals surface area contributed by atoms with Gasteiger partial charge in [0, 0.05) is 11.1 Å². The van der Waals surface area contributed by atoms with E-state index in [1.165, 1.54) is 12.1 Å². The second-order valence-electron chi connectivity index (χ2n) is 4.48. The Bertz CT molecular complexity index is 591. The Hall–Kier alpha value is 0.436. The summed E-state index contributed by atoms with van der Waals surface area (Å²) in [5, 5.41) is 0. The van der Waals surface area contributed by atoms with Gasteiger partial charge < -0.3 is 0 Å². The molecule has 2 rings (SSSR count). The molecule has 88 valence electrons. The summed E-state index contributed by atoms with van der Waals surface area (Å²) in [6.07, 6.45) is 0. The average Bonchev–Trinajstić information content (AvgIpc) is 2.37. The molecular weight excluding hydrogens is 265 g/mol. The Kier molecular flexibility index (Phi) is 4.41. The first-order chi connectivity index (χ1) is 7.23. The monoisotopic (exact) mass is 279 g/mol. The molecule has 0 spiro atoms. The summed E-state index contributed by atoms with van der Waals surface area (Å²) >= 11 is 0. The fraction of sp³-hybridized carbons (Fsp3) is 0.364. The first kappa shape index (κ1) is 15.5. The summed E-state index contributed by atoms with van der Waals surface area (Å²) < 4.78 is 31.1. The predicted molar refractivity (Wildman–Crippen MR) is 69.2 cm³/mol. The topological polar surface area (TPSA) is 66.7 Å². The number of hydrogen-bond acceptors (Lipinski definition) is 3. The SMILES string of the molecule is CC1=Nc2ccc(S(=O)(=O)O)cc2C1(C)C.[KH]. The molecule has 0 fully saturated rings. The molecule has 1 heterocycles. The zero-order valence-electron chi connectivity index (χ0n) is 9.35. The molecule has 17 heavy (non-hydrogen) atoms. The molecule has 0 saturated carbocycles. The van der Waals surface area contributed by atoms with Gasteiger partial charge in [0.15, 0.2) is 0 Å². The first-order valence-corrected chi connectivity index (χ1v) is 6.35. The minimum absolute atomic E-state index is 0. The van der Waals surface area contributed by atoms with Crippen molar-refractivity contribution in [2.45, 2.75) is 31.1 Å². The fourth-order valence-corrected chi connectivity index (χ4v) is 2.30. The molecule has 0 aromatic heterocycles. The zero-order valence-corrected chi connectivity index (χ0v) is 10.2. The van der Waals surface area contributed by atoms with Crippen LogP contribution >= 0.6 is 0 Å². The Balaban J connectivity index is 0.00000144. The van der Waals surface area contributed by atoms with E-state index < -0.39 is 10.1 Å². The maximum atomic E-state index is 11.0. The van der Waals surface area contributed by atoms with Crippen LogP contribution in [0, 0.1) is 0 Å². The van der Waals surface area contributed by atoms with Crippen LogP contribution < -0.4 is 0 Å². The third-order valence-electron chi connectivity index (χ3n) is 3.13. The van der Waals surface area contributed by atoms with Crippen LogP contribution in [0.15, 0.2) is 28.1 Å². The number of benzene rings is 1. The van der Waals surface area contributed by atoms with Crippen LogP contribution in [0.1, 0.15) is 26.3 Å². The molecule has 1 N–H and O–H groups in total. The van der Waals surface area contributed by atoms with E-state index in [4.69, 9.17) is 4.55 Å². The summed E-state index contributed by atoms with van der Waals surface area (Å²) in [5.74, 6) is 0. The molecule has 0 unspecified atom stereocenters. The van der Waals surface area contributed by atoms with Crippen molar-refractivity contribution in [1.29, 1.82) is 0 Å². The quantitative estimate of drug-likeness (QED) is 0.628. The Morgan fingerprint density at radius 2 is 1.88 bits per heavy atom. The van der Waals surface area contributed by atoms with Crippen molar-refractivity contribution >= 4 is 72.9 Å². The number of hydrogen-bond donors (Lipinski definition) is 1. The Morgan fingerprint density at radius 3 is 2.41 bits per heavy atom. The fourth-order valence-electron chi connectivity index (χ4n) is 1.79. The van der Waals surface area contributed by atoms with Gasteiger partial charge in [-0.3, -0.25) is 9.55 Å². The number of rotatable bonds is 1. The summed E-state index contributed by atoms with van der Waals surface area (Å²) in [5.41, 5.74) is 2.26. The normalized spacial score (nSPS) is 17.1. The van der Waals surface area contributed by atoms with E-state index in [9.17, 15) is 8.42 Å². The number of fused-ring (bicyclic) bond motifs is 1. The van der Waals surface area contributed by atoms with E-state index in [0.717, 1.165) is 17.0 Å². The van der Waals surface area contributed by atoms with Gasteiger partial charge in [0.2, 0.25) is 0 Å². The van der Waals surface area contributed by atoms with Crippen molar-refractivity contribution in [2.75, 3.05) is 0 Å². The Morgan fingerprint density at radius 1 is 1.29 bits per heavy atom. The second-order valence-corrected chi connectivity index (χ2v) is 5.90. The summed E-state index contributed by atoms with van der Waals surface area (Å²) in [6, 6.07) is 4.48. The molecule has 1 aromatic rings. The van der Waals surface area contributed by atoms with Crippen molar-refractivity contribution in [3.05, 3.63) is 23.8 Å². The molecule has 0 bridgehead atoms. The van der Waals surface area contributed by atoms with Gasteiger partial charge in [0.1, 0.15) is 0 Å². The minimum atomic E-state index is -4.14. The average molecular weight is 279 g/mol. The van der Waals surface area contributed by atoms with Crippen molar-refractivity contribution in [1.82, 2.24) is 0 Å². The molecule has 6 heteroatoms. The Labute approximate surface area is 144 Å². The van der Waals surface area contributed by atoms with Gasteiger partial charge in [-0.05, 0) is 30.7 Å². The van der Waals surface area contributed by atoms with Crippen LogP contribution in [0.25, 0.3) is 0 Å². The zero-order chi connectivity index (χ0) is 12.1. The summed E-state index contributed by atoms with van der Waals surface area (Å²) in [7, 11) is -4.14. The van der Waals surface area contributed by atoms with Crippen LogP contribution in [-0.2, 0) is 15.5 Å². The standard InChI is InChI=1S/C11H13NO3S.K.H/c1-7-11(2,3)9-6-8(16(13,14)15)4-5-10(9)12-7;;/h4-6H,1-3H3,(H,13,14,15);;. The van der Waals surface area contributed by atoms with Gasteiger partial charge in [0.05, 0.1) is 10.6 Å². The molecule has 4 nitrogen and oxygen atoms in total. The summed E-state index contributed by atoms with van der Waals surface area (Å²) in [6.45, 7) is 5.87. The van der Waals surface area contributed by atoms with Crippen molar-refractivity contribution in [3.8, 4) is 0 Å². The first-order valence-electron chi connectivity index (χ1n) is 4.91. The van der Waals surface area contributed by atoms with Crippen LogP contribution in [0.5, 0.6) is 0 Å². The van der Waals surface area contributed by atoms with Gasteiger partial charge in [-0.15, -0.1) is 0 Å². The molecule has 1 aliphatic rings. The van der Waals surface area contributed by atoms with Gasteiger partial charge in [-0.25, -0.2) is 0 Å². The molecule has 0 atom stereocenters. The van der Waals surface area contributed by atoms with Gasteiger partial charge in [0.25, 0.3) is 10.1 Å². The molecule has 0 aliphatic carbocycles. The van der Waals surface area contributed by atoms with E-state index in [2.05, 4.69) is 4.99 Å². The summed E-state index contributed by atoms with van der Waals surface area (Å²) in [4.78, 5) is 4.29. The van der Waals surface area contributed by atoms with E-state index >= 15 is 0 Å². The van der Waals surface area contributed by atoms with Crippen LogP contribution in [0.4, 0.5) is 5.69 Å².